The number of ether oxygens (including phenoxy) is 2. The van der Waals surface area contributed by atoms with Crippen LogP contribution >= 0.6 is 0 Å². The minimum atomic E-state index is -0.134. The van der Waals surface area contributed by atoms with Gasteiger partial charge in [0, 0.05) is 31.9 Å². The molecule has 0 spiro atoms. The van der Waals surface area contributed by atoms with Crippen LogP contribution in [-0.2, 0) is 9.47 Å². The van der Waals surface area contributed by atoms with Crippen LogP contribution in [0.15, 0.2) is 65.4 Å². The normalized spacial score (nSPS) is 26.3. The number of hydrogen-bond donors (Lipinski definition) is 1. The standard InChI is InChI=1S/C16H17N3O2/c1-4-20-14-9-13-16(8-11(14)17)21-15-7-10(19(2)3)5-6-12(15)18-13/h4-9,12,15,17H,1H2,2-3H3. The molecule has 2 unspecified atom stereocenters. The van der Waals surface area contributed by atoms with Crippen molar-refractivity contribution < 1.29 is 9.47 Å². The summed E-state index contributed by atoms with van der Waals surface area (Å²) in [6.45, 7) is 3.51. The van der Waals surface area contributed by atoms with E-state index in [1.807, 2.05) is 31.1 Å². The van der Waals surface area contributed by atoms with Gasteiger partial charge in [0.15, 0.2) is 5.76 Å². The largest absolute Gasteiger partial charge is 0.481 e. The maximum Gasteiger partial charge on any atom is 0.153 e. The molecule has 1 N–H and O–H groups in total. The molecule has 0 saturated carbocycles. The highest BCUT2D eigenvalue weighted by Crippen LogP contribution is 2.28. The second-order valence-corrected chi connectivity index (χ2v) is 5.15. The van der Waals surface area contributed by atoms with Crippen LogP contribution in [0.3, 0.4) is 0 Å². The molecule has 3 aliphatic rings. The van der Waals surface area contributed by atoms with Gasteiger partial charge in [-0.1, -0.05) is 12.7 Å². The predicted octanol–water partition coefficient (Wildman–Crippen LogP) is 2.17. The van der Waals surface area contributed by atoms with E-state index in [-0.39, 0.29) is 17.9 Å². The van der Waals surface area contributed by atoms with Crippen LogP contribution in [0.5, 0.6) is 0 Å². The van der Waals surface area contributed by atoms with Gasteiger partial charge in [-0.15, -0.1) is 0 Å². The van der Waals surface area contributed by atoms with Crippen LogP contribution in [0.1, 0.15) is 0 Å². The third-order valence-electron chi connectivity index (χ3n) is 3.47. The molecular weight excluding hydrogens is 266 g/mol. The van der Waals surface area contributed by atoms with Gasteiger partial charge >= 0.3 is 0 Å². The van der Waals surface area contributed by atoms with Gasteiger partial charge in [0.25, 0.3) is 0 Å². The Labute approximate surface area is 123 Å². The molecule has 1 heterocycles. The Morgan fingerprint density at radius 2 is 2.24 bits per heavy atom. The zero-order valence-corrected chi connectivity index (χ0v) is 12.0. The Bertz CT molecular complexity index is 650. The molecule has 0 fully saturated rings. The van der Waals surface area contributed by atoms with E-state index in [0.29, 0.717) is 17.2 Å². The Balaban J connectivity index is 1.92. The van der Waals surface area contributed by atoms with Crippen molar-refractivity contribution in [3.05, 3.63) is 60.4 Å². The molecule has 1 aliphatic heterocycles. The van der Waals surface area contributed by atoms with E-state index in [1.54, 1.807) is 12.2 Å². The quantitative estimate of drug-likeness (QED) is 0.638. The van der Waals surface area contributed by atoms with Crippen molar-refractivity contribution >= 4 is 11.4 Å². The number of nitrogens with one attached hydrogen (secondary N) is 1. The zero-order valence-electron chi connectivity index (χ0n) is 12.0. The smallest absolute Gasteiger partial charge is 0.153 e. The number of allylic oxidation sites excluding steroid dienone is 3. The summed E-state index contributed by atoms with van der Waals surface area (Å²) < 4.78 is 11.2. The first-order valence-electron chi connectivity index (χ1n) is 6.70. The lowest BCUT2D eigenvalue weighted by Gasteiger charge is -2.32. The van der Waals surface area contributed by atoms with Crippen LogP contribution in [0.2, 0.25) is 0 Å². The summed E-state index contributed by atoms with van der Waals surface area (Å²) in [5.74, 6) is 1.04. The first kappa shape index (κ1) is 13.4. The summed E-state index contributed by atoms with van der Waals surface area (Å²) in [4.78, 5) is 6.70. The van der Waals surface area contributed by atoms with Gasteiger partial charge in [0.05, 0.1) is 6.26 Å². The van der Waals surface area contributed by atoms with Gasteiger partial charge in [-0.3, -0.25) is 10.4 Å². The lowest BCUT2D eigenvalue weighted by Crippen LogP contribution is -2.35. The monoisotopic (exact) mass is 283 g/mol. The van der Waals surface area contributed by atoms with Gasteiger partial charge < -0.3 is 14.4 Å². The molecule has 0 bridgehead atoms. The molecule has 3 rings (SSSR count). The SMILES string of the molecule is C=COC1=CC2=NC3C=CC(N(C)C)=CC3OC2=CC1=N. The Kier molecular flexibility index (Phi) is 3.25. The first-order valence-corrected chi connectivity index (χ1v) is 6.70. The van der Waals surface area contributed by atoms with Crippen LogP contribution in [0.25, 0.3) is 0 Å². The lowest BCUT2D eigenvalue weighted by atomic mass is 9.99. The van der Waals surface area contributed by atoms with Crippen molar-refractivity contribution in [2.75, 3.05) is 14.1 Å². The summed E-state index contributed by atoms with van der Waals surface area (Å²) in [5.41, 5.74) is 2.05. The van der Waals surface area contributed by atoms with Crippen molar-refractivity contribution in [2.24, 2.45) is 4.99 Å². The highest BCUT2D eigenvalue weighted by atomic mass is 16.5. The lowest BCUT2D eigenvalue weighted by molar-refractivity contribution is 0.146. The van der Waals surface area contributed by atoms with Crippen LogP contribution < -0.4 is 0 Å². The number of rotatable bonds is 3. The highest BCUT2D eigenvalue weighted by Gasteiger charge is 2.31. The van der Waals surface area contributed by atoms with Crippen molar-refractivity contribution in [1.82, 2.24) is 4.90 Å². The van der Waals surface area contributed by atoms with E-state index in [1.165, 1.54) is 6.26 Å². The van der Waals surface area contributed by atoms with Gasteiger partial charge in [0.1, 0.15) is 29.3 Å². The Morgan fingerprint density at radius 3 is 2.95 bits per heavy atom. The van der Waals surface area contributed by atoms with E-state index in [4.69, 9.17) is 14.9 Å². The maximum absolute atomic E-state index is 7.92. The maximum atomic E-state index is 7.92. The fourth-order valence-electron chi connectivity index (χ4n) is 2.39. The molecule has 0 aromatic carbocycles. The number of aliphatic imine (C=N–C) groups is 1. The molecule has 0 saturated heterocycles. The van der Waals surface area contributed by atoms with Crippen LogP contribution in [0.4, 0.5) is 0 Å². The number of likely N-dealkylation sites (N-methyl/N-ethyl adjacent to an activating group) is 1. The molecule has 2 atom stereocenters. The Hall–Kier alpha value is -2.56. The number of nitrogens with zero attached hydrogens (tertiary/aromatic N) is 2. The molecule has 0 aromatic heterocycles. The average molecular weight is 283 g/mol. The molecule has 108 valence electrons. The summed E-state index contributed by atoms with van der Waals surface area (Å²) in [6.07, 6.45) is 10.6. The number of hydrogen-bond acceptors (Lipinski definition) is 5. The van der Waals surface area contributed by atoms with E-state index in [0.717, 1.165) is 5.70 Å². The van der Waals surface area contributed by atoms with Crippen molar-refractivity contribution in [3.63, 3.8) is 0 Å². The van der Waals surface area contributed by atoms with Crippen LogP contribution in [-0.4, -0.2) is 42.6 Å². The molecule has 5 heteroatoms. The topological polar surface area (TPSA) is 57.9 Å². The molecule has 2 aliphatic carbocycles. The average Bonchev–Trinajstić information content (AvgIpc) is 2.45. The summed E-state index contributed by atoms with van der Waals surface area (Å²) >= 11 is 0. The van der Waals surface area contributed by atoms with Crippen molar-refractivity contribution in [3.8, 4) is 0 Å². The molecule has 0 aromatic rings. The van der Waals surface area contributed by atoms with Gasteiger partial charge in [0.2, 0.25) is 0 Å². The van der Waals surface area contributed by atoms with Gasteiger partial charge in [-0.2, -0.15) is 0 Å². The molecular formula is C16H17N3O2. The third-order valence-corrected chi connectivity index (χ3v) is 3.47. The minimum Gasteiger partial charge on any atom is -0.481 e. The van der Waals surface area contributed by atoms with Crippen molar-refractivity contribution in [2.45, 2.75) is 12.1 Å². The summed E-state index contributed by atoms with van der Waals surface area (Å²) in [7, 11) is 3.98. The summed E-state index contributed by atoms with van der Waals surface area (Å²) in [6, 6.07) is -0.0469. The Morgan fingerprint density at radius 1 is 1.43 bits per heavy atom. The number of fused-ring (bicyclic) bond motifs is 2. The second kappa shape index (κ2) is 5.09. The van der Waals surface area contributed by atoms with E-state index in [2.05, 4.69) is 17.6 Å². The second-order valence-electron chi connectivity index (χ2n) is 5.15. The molecule has 0 amide bonds. The predicted molar refractivity (Wildman–Crippen MR) is 82.2 cm³/mol. The molecule has 5 nitrogen and oxygen atoms in total. The fourth-order valence-corrected chi connectivity index (χ4v) is 2.39. The van der Waals surface area contributed by atoms with Crippen molar-refractivity contribution in [1.29, 1.82) is 5.41 Å². The molecule has 0 radical (unpaired) electrons. The fraction of sp³-hybridized carbons (Fsp3) is 0.250. The van der Waals surface area contributed by atoms with Gasteiger partial charge in [-0.05, 0) is 12.2 Å². The van der Waals surface area contributed by atoms with Crippen LogP contribution in [0, 0.1) is 5.41 Å². The van der Waals surface area contributed by atoms with E-state index >= 15 is 0 Å². The minimum absolute atomic E-state index is 0.0469. The van der Waals surface area contributed by atoms with E-state index < -0.39 is 0 Å². The highest BCUT2D eigenvalue weighted by molar-refractivity contribution is 6.21. The third kappa shape index (κ3) is 2.42. The zero-order chi connectivity index (χ0) is 15.0. The first-order chi connectivity index (χ1) is 10.1. The van der Waals surface area contributed by atoms with Gasteiger partial charge in [-0.25, -0.2) is 0 Å². The molecule has 21 heavy (non-hydrogen) atoms. The van der Waals surface area contributed by atoms with E-state index in [9.17, 15) is 0 Å². The summed E-state index contributed by atoms with van der Waals surface area (Å²) in [5, 5.41) is 7.92.